The Morgan fingerprint density at radius 3 is 2.66 bits per heavy atom. The Morgan fingerprint density at radius 2 is 1.90 bits per heavy atom. The van der Waals surface area contributed by atoms with Crippen LogP contribution < -0.4 is 16.9 Å². The highest BCUT2D eigenvalue weighted by Crippen LogP contribution is 2.58. The topological polar surface area (TPSA) is 216 Å². The largest absolute Gasteiger partial charge is 0.394 e. The van der Waals surface area contributed by atoms with Crippen LogP contribution in [0.2, 0.25) is 0 Å². The smallest absolute Gasteiger partial charge is 0.277 e. The minimum atomic E-state index is -4.19. The molecule has 2 aliphatic rings. The molecule has 220 valence electrons. The molecular weight excluding hydrogens is 591 g/mol. The van der Waals surface area contributed by atoms with Gasteiger partial charge in [-0.2, -0.15) is 0 Å². The van der Waals surface area contributed by atoms with Gasteiger partial charge in [-0.25, -0.2) is 18.7 Å². The SMILES string of the molecule is Nc1cc2c(ncn2[C@@H]2O[C@H](CO)[C@@H](F)[C@H]2P(O)(=S)OC[C@H]2O[C@@H](n3ccc4c(=O)[nH]cnc43)[C@@H](F)[C@@H]2O)c(=O)[nH]1. The summed E-state index contributed by atoms with van der Waals surface area (Å²) in [7, 11) is 0. The van der Waals surface area contributed by atoms with Gasteiger partial charge in [-0.1, -0.05) is 0 Å². The van der Waals surface area contributed by atoms with Gasteiger partial charge in [0.2, 0.25) is 0 Å². The number of aliphatic hydroxyl groups is 2. The Kier molecular flexibility index (Phi) is 7.06. The van der Waals surface area contributed by atoms with Crippen molar-refractivity contribution in [2.75, 3.05) is 18.9 Å². The molecule has 41 heavy (non-hydrogen) atoms. The summed E-state index contributed by atoms with van der Waals surface area (Å²) in [6, 6.07) is 2.78. The highest BCUT2D eigenvalue weighted by Gasteiger charge is 2.54. The van der Waals surface area contributed by atoms with Gasteiger partial charge < -0.3 is 53.9 Å². The first-order valence-corrected chi connectivity index (χ1v) is 15.0. The summed E-state index contributed by atoms with van der Waals surface area (Å²) in [5.74, 6) is -0.00744. The average molecular weight is 616 g/mol. The van der Waals surface area contributed by atoms with Gasteiger partial charge in [-0.3, -0.25) is 9.59 Å². The summed E-state index contributed by atoms with van der Waals surface area (Å²) in [4.78, 5) is 48.4. The second-order valence-corrected chi connectivity index (χ2v) is 13.2. The van der Waals surface area contributed by atoms with Crippen LogP contribution in [0, 0.1) is 0 Å². The molecule has 2 aliphatic heterocycles. The predicted molar refractivity (Wildman–Crippen MR) is 142 cm³/mol. The summed E-state index contributed by atoms with van der Waals surface area (Å²) in [6.07, 6.45) is -7.51. The molecule has 2 saturated heterocycles. The number of fused-ring (bicyclic) bond motifs is 2. The fourth-order valence-electron chi connectivity index (χ4n) is 5.21. The van der Waals surface area contributed by atoms with E-state index in [1.165, 1.54) is 33.8 Å². The molecule has 15 nitrogen and oxygen atoms in total. The fraction of sp³-hybridized carbons (Fsp3) is 0.455. The summed E-state index contributed by atoms with van der Waals surface area (Å²) < 4.78 is 50.1. The van der Waals surface area contributed by atoms with E-state index in [1.807, 2.05) is 0 Å². The van der Waals surface area contributed by atoms with Gasteiger partial charge in [0.15, 0.2) is 30.6 Å². The number of aromatic amines is 2. The zero-order valence-electron chi connectivity index (χ0n) is 20.8. The van der Waals surface area contributed by atoms with E-state index in [0.717, 1.165) is 6.33 Å². The number of nitrogens with two attached hydrogens (primary N) is 1. The number of hydrogen-bond donors (Lipinski definition) is 6. The molecule has 0 saturated carbocycles. The molecule has 0 aromatic carbocycles. The van der Waals surface area contributed by atoms with Crippen LogP contribution in [0.3, 0.4) is 0 Å². The second-order valence-electron chi connectivity index (χ2n) is 9.67. The molecule has 4 aromatic rings. The first-order chi connectivity index (χ1) is 19.5. The Balaban J connectivity index is 1.25. The molecule has 7 N–H and O–H groups in total. The lowest BCUT2D eigenvalue weighted by molar-refractivity contribution is -0.0423. The van der Waals surface area contributed by atoms with Crippen LogP contribution in [0.15, 0.2) is 40.6 Å². The zero-order chi connectivity index (χ0) is 29.2. The van der Waals surface area contributed by atoms with Crippen molar-refractivity contribution in [1.82, 2.24) is 29.1 Å². The number of nitrogens with zero attached hydrogens (tertiary/aromatic N) is 4. The number of imidazole rings is 1. The molecule has 6 heterocycles. The first kappa shape index (κ1) is 28.0. The number of anilines is 1. The number of ether oxygens (including phenoxy) is 2. The normalized spacial score (nSPS) is 31.7. The van der Waals surface area contributed by atoms with E-state index in [4.69, 9.17) is 31.5 Å². The number of hydrogen-bond acceptors (Lipinski definition) is 11. The van der Waals surface area contributed by atoms with Crippen molar-refractivity contribution in [1.29, 1.82) is 0 Å². The van der Waals surface area contributed by atoms with Crippen LogP contribution in [0.5, 0.6) is 0 Å². The van der Waals surface area contributed by atoms with Crippen molar-refractivity contribution < 1.29 is 37.9 Å². The molecule has 0 spiro atoms. The van der Waals surface area contributed by atoms with Crippen molar-refractivity contribution >= 4 is 46.2 Å². The summed E-state index contributed by atoms with van der Waals surface area (Å²) in [5, 5.41) is 20.4. The predicted octanol–water partition coefficient (Wildman–Crippen LogP) is -0.444. The van der Waals surface area contributed by atoms with E-state index in [0.29, 0.717) is 0 Å². The third-order valence-corrected chi connectivity index (χ3v) is 10.1. The number of alkyl halides is 2. The van der Waals surface area contributed by atoms with E-state index >= 15 is 8.78 Å². The second kappa shape index (κ2) is 10.3. The molecule has 6 rings (SSSR count). The summed E-state index contributed by atoms with van der Waals surface area (Å²) in [5.41, 5.74) is 3.37. The number of pyridine rings is 1. The van der Waals surface area contributed by atoms with Crippen LogP contribution >= 0.6 is 6.49 Å². The highest BCUT2D eigenvalue weighted by atomic mass is 32.5. The van der Waals surface area contributed by atoms with E-state index < -0.39 is 79.6 Å². The lowest BCUT2D eigenvalue weighted by Crippen LogP contribution is -2.34. The van der Waals surface area contributed by atoms with E-state index in [9.17, 15) is 24.7 Å². The van der Waals surface area contributed by atoms with Crippen LogP contribution in [0.4, 0.5) is 14.6 Å². The van der Waals surface area contributed by atoms with Gasteiger partial charge in [0.25, 0.3) is 11.1 Å². The third-order valence-electron chi connectivity index (χ3n) is 7.22. The van der Waals surface area contributed by atoms with Crippen molar-refractivity contribution in [2.45, 2.75) is 48.8 Å². The van der Waals surface area contributed by atoms with Crippen LogP contribution in [0.1, 0.15) is 12.5 Å². The number of aromatic nitrogens is 6. The van der Waals surface area contributed by atoms with Crippen molar-refractivity contribution in [3.05, 3.63) is 51.7 Å². The zero-order valence-corrected chi connectivity index (χ0v) is 22.5. The monoisotopic (exact) mass is 615 g/mol. The molecule has 0 amide bonds. The third kappa shape index (κ3) is 4.60. The molecule has 4 aromatic heterocycles. The number of aliphatic hydroxyl groups excluding tert-OH is 2. The summed E-state index contributed by atoms with van der Waals surface area (Å²) >= 11 is 5.33. The maximum Gasteiger partial charge on any atom is 0.277 e. The number of nitrogen functional groups attached to an aromatic ring is 1. The maximum absolute atomic E-state index is 15.5. The Morgan fingerprint density at radius 1 is 1.15 bits per heavy atom. The van der Waals surface area contributed by atoms with Crippen LogP contribution in [-0.4, -0.2) is 93.7 Å². The van der Waals surface area contributed by atoms with Gasteiger partial charge in [-0.05, 0) is 17.9 Å². The number of halogens is 2. The fourth-order valence-corrected chi connectivity index (χ4v) is 7.68. The molecule has 0 radical (unpaired) electrons. The molecule has 1 unspecified atom stereocenters. The Bertz CT molecular complexity index is 1780. The van der Waals surface area contributed by atoms with E-state index in [2.05, 4.69) is 19.9 Å². The van der Waals surface area contributed by atoms with Gasteiger partial charge in [0.1, 0.15) is 41.6 Å². The van der Waals surface area contributed by atoms with Crippen molar-refractivity contribution in [3.8, 4) is 0 Å². The first-order valence-electron chi connectivity index (χ1n) is 12.3. The van der Waals surface area contributed by atoms with Crippen LogP contribution in [0.25, 0.3) is 22.1 Å². The van der Waals surface area contributed by atoms with Gasteiger partial charge >= 0.3 is 0 Å². The lowest BCUT2D eigenvalue weighted by atomic mass is 10.1. The minimum absolute atomic E-state index is 0.00744. The minimum Gasteiger partial charge on any atom is -0.394 e. The number of nitrogens with one attached hydrogen (secondary N) is 2. The van der Waals surface area contributed by atoms with E-state index in [1.54, 1.807) is 0 Å². The number of H-pyrrole nitrogens is 2. The summed E-state index contributed by atoms with van der Waals surface area (Å²) in [6.45, 7) is -5.57. The highest BCUT2D eigenvalue weighted by molar-refractivity contribution is 8.09. The van der Waals surface area contributed by atoms with Crippen molar-refractivity contribution in [3.63, 3.8) is 0 Å². The number of rotatable bonds is 7. The molecule has 0 bridgehead atoms. The molecule has 9 atom stereocenters. The average Bonchev–Trinajstić information content (AvgIpc) is 3.68. The van der Waals surface area contributed by atoms with Gasteiger partial charge in [0.05, 0.1) is 36.8 Å². The van der Waals surface area contributed by atoms with Crippen LogP contribution in [-0.2, 0) is 25.8 Å². The van der Waals surface area contributed by atoms with Gasteiger partial charge in [-0.15, -0.1) is 0 Å². The standard InChI is InChI=1S/C22H24F2N7O8PS/c23-13-10(4-32)38-22(31-7-28-15-9(31)3-12(25)29-20(15)35)17(13)40(36,41)37-5-11-16(33)14(24)21(39-11)30-2-1-8-18(30)26-6-27-19(8)34/h1-3,6-7,10-11,13-14,16-17,21-22,32-33H,4-5H2,(H,36,41)(H3,25,29,35)(H,26,27,34)/t10-,11-,13-,14+,16-,17-,21-,22-,40?/m1/s1. The molecule has 2 fully saturated rings. The maximum atomic E-state index is 15.5. The van der Waals surface area contributed by atoms with Gasteiger partial charge in [0, 0.05) is 12.3 Å². The lowest BCUT2D eigenvalue weighted by Gasteiger charge is -2.29. The Labute approximate surface area is 232 Å². The van der Waals surface area contributed by atoms with Crippen molar-refractivity contribution in [2.24, 2.45) is 0 Å². The Hall–Kier alpha value is -3.09. The molecule has 19 heteroatoms. The molecule has 0 aliphatic carbocycles. The van der Waals surface area contributed by atoms with E-state index in [-0.39, 0.29) is 27.9 Å². The quantitative estimate of drug-likeness (QED) is 0.146. The molecular formula is C22H24F2N7O8PS.